The van der Waals surface area contributed by atoms with E-state index in [1.807, 2.05) is 0 Å². The molecule has 0 radical (unpaired) electrons. The second-order valence-corrected chi connectivity index (χ2v) is 3.94. The average molecular weight is 236 g/mol. The molecule has 2 rings (SSSR count). The summed E-state index contributed by atoms with van der Waals surface area (Å²) >= 11 is 0. The number of hydrogen-bond donors (Lipinski definition) is 2. The van der Waals surface area contributed by atoms with Crippen LogP contribution in [0.3, 0.4) is 0 Å². The van der Waals surface area contributed by atoms with Crippen molar-refractivity contribution in [1.29, 1.82) is 0 Å². The molecule has 17 heavy (non-hydrogen) atoms. The van der Waals surface area contributed by atoms with Crippen LogP contribution in [0.5, 0.6) is 0 Å². The fourth-order valence-electron chi connectivity index (χ4n) is 1.79. The zero-order valence-electron chi connectivity index (χ0n) is 9.50. The van der Waals surface area contributed by atoms with Crippen molar-refractivity contribution in [1.82, 2.24) is 4.98 Å². The molecule has 1 aliphatic heterocycles. The first-order chi connectivity index (χ1) is 8.20. The second kappa shape index (κ2) is 5.11. The van der Waals surface area contributed by atoms with Gasteiger partial charge in [-0.05, 0) is 12.1 Å². The summed E-state index contributed by atoms with van der Waals surface area (Å²) in [7, 11) is 0. The number of carbonyl (C=O) groups is 1. The van der Waals surface area contributed by atoms with Gasteiger partial charge < -0.3 is 21.1 Å². The molecule has 0 spiro atoms. The molecule has 4 N–H and O–H groups in total. The monoisotopic (exact) mass is 236 g/mol. The summed E-state index contributed by atoms with van der Waals surface area (Å²) in [6.45, 7) is 2.63. The maximum atomic E-state index is 10.9. The van der Waals surface area contributed by atoms with Crippen LogP contribution in [0.2, 0.25) is 0 Å². The molecule has 0 aromatic carbocycles. The fourth-order valence-corrected chi connectivity index (χ4v) is 1.79. The molecule has 1 saturated heterocycles. The van der Waals surface area contributed by atoms with E-state index in [-0.39, 0.29) is 6.10 Å². The number of pyridine rings is 1. The van der Waals surface area contributed by atoms with Crippen molar-refractivity contribution in [2.45, 2.75) is 6.10 Å². The van der Waals surface area contributed by atoms with Gasteiger partial charge in [0.2, 0.25) is 5.91 Å². The molecular formula is C11H16N4O2. The molecule has 1 aromatic rings. The molecule has 0 aliphatic carbocycles. The number of hydrogen-bond acceptors (Lipinski definition) is 5. The molecule has 2 heterocycles. The predicted molar refractivity (Wildman–Crippen MR) is 63.8 cm³/mol. The van der Waals surface area contributed by atoms with Gasteiger partial charge in [0.25, 0.3) is 0 Å². The lowest BCUT2D eigenvalue weighted by atomic mass is 10.2. The molecule has 1 fully saturated rings. The molecule has 92 valence electrons. The molecule has 1 amide bonds. The Bertz CT molecular complexity index is 393. The third-order valence-electron chi connectivity index (χ3n) is 2.76. The van der Waals surface area contributed by atoms with Crippen LogP contribution in [0, 0.1) is 0 Å². The fraction of sp³-hybridized carbons (Fsp3) is 0.455. The van der Waals surface area contributed by atoms with Gasteiger partial charge in [-0.25, -0.2) is 4.98 Å². The Kier molecular flexibility index (Phi) is 3.55. The minimum absolute atomic E-state index is 0.0429. The molecule has 1 aliphatic rings. The predicted octanol–water partition coefficient (Wildman–Crippen LogP) is -0.656. The first-order valence-corrected chi connectivity index (χ1v) is 5.53. The number of amides is 1. The van der Waals surface area contributed by atoms with E-state index in [1.54, 1.807) is 12.1 Å². The highest BCUT2D eigenvalue weighted by Gasteiger charge is 2.20. The summed E-state index contributed by atoms with van der Waals surface area (Å²) in [5.41, 5.74) is 11.1. The number of nitrogens with two attached hydrogens (primary N) is 2. The van der Waals surface area contributed by atoms with Crippen LogP contribution in [-0.2, 0) is 4.74 Å². The summed E-state index contributed by atoms with van der Waals surface area (Å²) in [4.78, 5) is 17.2. The minimum atomic E-state index is -0.467. The minimum Gasteiger partial charge on any atom is -0.373 e. The van der Waals surface area contributed by atoms with E-state index in [9.17, 15) is 4.79 Å². The number of ether oxygens (including phenoxy) is 1. The summed E-state index contributed by atoms with van der Waals surface area (Å²) in [6.07, 6.45) is 1.53. The Morgan fingerprint density at radius 3 is 3.00 bits per heavy atom. The first-order valence-electron chi connectivity index (χ1n) is 5.53. The van der Waals surface area contributed by atoms with Gasteiger partial charge in [-0.2, -0.15) is 0 Å². The summed E-state index contributed by atoms with van der Waals surface area (Å²) in [6, 6.07) is 3.47. The number of rotatable bonds is 3. The van der Waals surface area contributed by atoms with Crippen molar-refractivity contribution in [2.24, 2.45) is 11.5 Å². The van der Waals surface area contributed by atoms with Crippen molar-refractivity contribution in [3.8, 4) is 0 Å². The summed E-state index contributed by atoms with van der Waals surface area (Å²) < 4.78 is 5.47. The SMILES string of the molecule is NCC1CN(c2ccc(C(N)=O)cn2)CCO1. The van der Waals surface area contributed by atoms with Crippen molar-refractivity contribution in [2.75, 3.05) is 31.1 Å². The Morgan fingerprint density at radius 1 is 1.59 bits per heavy atom. The van der Waals surface area contributed by atoms with Crippen LogP contribution in [0.4, 0.5) is 5.82 Å². The lowest BCUT2D eigenvalue weighted by Gasteiger charge is -2.33. The molecule has 1 unspecified atom stereocenters. The quantitative estimate of drug-likeness (QED) is 0.727. The van der Waals surface area contributed by atoms with Crippen LogP contribution in [-0.4, -0.2) is 43.2 Å². The van der Waals surface area contributed by atoms with Crippen LogP contribution < -0.4 is 16.4 Å². The highest BCUT2D eigenvalue weighted by atomic mass is 16.5. The topological polar surface area (TPSA) is 94.5 Å². The second-order valence-electron chi connectivity index (χ2n) is 3.94. The zero-order chi connectivity index (χ0) is 12.3. The van der Waals surface area contributed by atoms with Gasteiger partial charge >= 0.3 is 0 Å². The normalized spacial score (nSPS) is 20.3. The Labute approximate surface area is 99.5 Å². The Morgan fingerprint density at radius 2 is 2.41 bits per heavy atom. The van der Waals surface area contributed by atoms with Gasteiger partial charge in [0.05, 0.1) is 18.3 Å². The van der Waals surface area contributed by atoms with Crippen LogP contribution in [0.1, 0.15) is 10.4 Å². The smallest absolute Gasteiger partial charge is 0.250 e. The lowest BCUT2D eigenvalue weighted by Crippen LogP contribution is -2.46. The maximum absolute atomic E-state index is 10.9. The molecule has 0 saturated carbocycles. The van der Waals surface area contributed by atoms with Gasteiger partial charge in [-0.3, -0.25) is 4.79 Å². The third kappa shape index (κ3) is 2.72. The molecule has 1 aromatic heterocycles. The van der Waals surface area contributed by atoms with Crippen molar-refractivity contribution >= 4 is 11.7 Å². The highest BCUT2D eigenvalue weighted by Crippen LogP contribution is 2.15. The number of anilines is 1. The van der Waals surface area contributed by atoms with Gasteiger partial charge in [-0.1, -0.05) is 0 Å². The van der Waals surface area contributed by atoms with E-state index in [0.29, 0.717) is 18.7 Å². The van der Waals surface area contributed by atoms with Gasteiger partial charge in [0.15, 0.2) is 0 Å². The van der Waals surface area contributed by atoms with Gasteiger partial charge in [-0.15, -0.1) is 0 Å². The number of carbonyl (C=O) groups excluding carboxylic acids is 1. The van der Waals surface area contributed by atoms with Gasteiger partial charge in [0.1, 0.15) is 5.82 Å². The van der Waals surface area contributed by atoms with Crippen LogP contribution in [0.25, 0.3) is 0 Å². The Balaban J connectivity index is 2.08. The van der Waals surface area contributed by atoms with E-state index in [2.05, 4.69) is 9.88 Å². The summed E-state index contributed by atoms with van der Waals surface area (Å²) in [5.74, 6) is 0.350. The zero-order valence-corrected chi connectivity index (χ0v) is 9.50. The van der Waals surface area contributed by atoms with E-state index in [1.165, 1.54) is 6.20 Å². The molecule has 1 atom stereocenters. The van der Waals surface area contributed by atoms with E-state index >= 15 is 0 Å². The van der Waals surface area contributed by atoms with Gasteiger partial charge in [0, 0.05) is 25.8 Å². The lowest BCUT2D eigenvalue weighted by molar-refractivity contribution is 0.0463. The number of aromatic nitrogens is 1. The van der Waals surface area contributed by atoms with E-state index < -0.39 is 5.91 Å². The number of nitrogens with zero attached hydrogens (tertiary/aromatic N) is 2. The molecule has 6 heteroatoms. The average Bonchev–Trinajstić information content (AvgIpc) is 2.39. The van der Waals surface area contributed by atoms with Crippen LogP contribution in [0.15, 0.2) is 18.3 Å². The highest BCUT2D eigenvalue weighted by molar-refractivity contribution is 5.92. The van der Waals surface area contributed by atoms with Crippen molar-refractivity contribution < 1.29 is 9.53 Å². The third-order valence-corrected chi connectivity index (χ3v) is 2.76. The molecule has 6 nitrogen and oxygen atoms in total. The number of morpholine rings is 1. The Hall–Kier alpha value is -1.66. The van der Waals surface area contributed by atoms with E-state index in [0.717, 1.165) is 18.9 Å². The van der Waals surface area contributed by atoms with Crippen molar-refractivity contribution in [3.05, 3.63) is 23.9 Å². The largest absolute Gasteiger partial charge is 0.373 e. The van der Waals surface area contributed by atoms with E-state index in [4.69, 9.17) is 16.2 Å². The standard InChI is InChI=1S/C11H16N4O2/c12-5-9-7-15(3-4-17-9)10-2-1-8(6-14-10)11(13)16/h1-2,6,9H,3-5,7,12H2,(H2,13,16). The number of primary amides is 1. The first kappa shape index (κ1) is 11.8. The summed E-state index contributed by atoms with van der Waals surface area (Å²) in [5, 5.41) is 0. The maximum Gasteiger partial charge on any atom is 0.250 e. The molecular weight excluding hydrogens is 220 g/mol. The van der Waals surface area contributed by atoms with Crippen molar-refractivity contribution in [3.63, 3.8) is 0 Å². The van der Waals surface area contributed by atoms with Crippen LogP contribution >= 0.6 is 0 Å². The molecule has 0 bridgehead atoms.